The van der Waals surface area contributed by atoms with Crippen molar-refractivity contribution in [1.82, 2.24) is 4.98 Å². The van der Waals surface area contributed by atoms with Crippen LogP contribution in [0.15, 0.2) is 53.9 Å². The van der Waals surface area contributed by atoms with Gasteiger partial charge in [0.15, 0.2) is 28.8 Å². The van der Waals surface area contributed by atoms with E-state index in [1.165, 1.54) is 6.26 Å². The van der Waals surface area contributed by atoms with Crippen LogP contribution in [0.2, 0.25) is 0 Å². The average Bonchev–Trinajstić information content (AvgIpc) is 2.30. The molecule has 0 N–H and O–H groups in total. The molecule has 0 saturated carbocycles. The summed E-state index contributed by atoms with van der Waals surface area (Å²) in [5, 5.41) is 0. The van der Waals surface area contributed by atoms with E-state index < -0.39 is 9.84 Å². The van der Waals surface area contributed by atoms with E-state index in [-0.39, 0.29) is 0 Å². The lowest BCUT2D eigenvalue weighted by Crippen LogP contribution is -2.33. The highest BCUT2D eigenvalue weighted by molar-refractivity contribution is 7.90. The van der Waals surface area contributed by atoms with Gasteiger partial charge in [-0.1, -0.05) is 18.2 Å². The molecule has 0 spiro atoms. The average molecular weight is 249 g/mol. The first-order valence-corrected chi connectivity index (χ1v) is 7.03. The minimum Gasteiger partial charge on any atom is -0.252 e. The largest absolute Gasteiger partial charge is 0.252 e. The topological polar surface area (TPSA) is 50.9 Å². The van der Waals surface area contributed by atoms with Crippen molar-refractivity contribution in [3.63, 3.8) is 0 Å². The summed E-state index contributed by atoms with van der Waals surface area (Å²) in [5.41, 5.74) is 0.784. The summed E-state index contributed by atoms with van der Waals surface area (Å²) in [6.45, 7) is 0.520. The van der Waals surface area contributed by atoms with Crippen LogP contribution in [0.3, 0.4) is 0 Å². The molecule has 0 bridgehead atoms. The molecular weight excluding hydrogens is 236 g/mol. The van der Waals surface area contributed by atoms with Crippen molar-refractivity contribution in [2.45, 2.75) is 11.4 Å². The number of rotatable bonds is 3. The normalized spacial score (nSPS) is 11.4. The molecule has 2 rings (SSSR count). The highest BCUT2D eigenvalue weighted by Gasteiger charge is 2.14. The molecule has 0 saturated heterocycles. The zero-order chi connectivity index (χ0) is 12.3. The molecule has 0 aliphatic carbocycles. The summed E-state index contributed by atoms with van der Waals surface area (Å²) in [6, 6.07) is 7.03. The molecule has 1 aromatic carbocycles. The van der Waals surface area contributed by atoms with Gasteiger partial charge in [-0.25, -0.2) is 8.42 Å². The van der Waals surface area contributed by atoms with E-state index in [2.05, 4.69) is 4.98 Å². The summed E-state index contributed by atoms with van der Waals surface area (Å²) in [4.78, 5) is 4.30. The Kier molecular flexibility index (Phi) is 3.19. The molecule has 1 heterocycles. The maximum absolute atomic E-state index is 11.6. The highest BCUT2D eigenvalue weighted by atomic mass is 32.2. The monoisotopic (exact) mass is 249 g/mol. The standard InChI is InChI=1S/C12H13N2O2S/c1-17(15,16)12-5-3-2-4-11(12)10-14-8-6-13-7-9-14/h2-9H,10H2,1H3/q+1. The Balaban J connectivity index is 2.41. The van der Waals surface area contributed by atoms with Crippen LogP contribution in [-0.2, 0) is 16.4 Å². The molecule has 1 aromatic heterocycles. The molecule has 17 heavy (non-hydrogen) atoms. The van der Waals surface area contributed by atoms with Gasteiger partial charge in [0.2, 0.25) is 0 Å². The van der Waals surface area contributed by atoms with Gasteiger partial charge in [0.05, 0.1) is 17.3 Å². The van der Waals surface area contributed by atoms with Gasteiger partial charge in [-0.2, -0.15) is 4.57 Å². The van der Waals surface area contributed by atoms with Gasteiger partial charge >= 0.3 is 0 Å². The Morgan fingerprint density at radius 3 is 2.47 bits per heavy atom. The summed E-state index contributed by atoms with van der Waals surface area (Å²) in [5.74, 6) is 0. The van der Waals surface area contributed by atoms with Gasteiger partial charge in [-0.15, -0.1) is 0 Å². The third-order valence-electron chi connectivity index (χ3n) is 2.41. The maximum Gasteiger partial charge on any atom is 0.187 e. The van der Waals surface area contributed by atoms with Crippen LogP contribution in [-0.4, -0.2) is 19.7 Å². The Bertz CT molecular complexity index is 609. The molecule has 2 aromatic rings. The number of aromatic nitrogens is 2. The molecule has 88 valence electrons. The van der Waals surface area contributed by atoms with E-state index in [9.17, 15) is 8.42 Å². The minimum absolute atomic E-state index is 0.379. The van der Waals surface area contributed by atoms with E-state index >= 15 is 0 Å². The molecular formula is C12H13N2O2S+. The van der Waals surface area contributed by atoms with Crippen molar-refractivity contribution in [1.29, 1.82) is 0 Å². The molecule has 4 nitrogen and oxygen atoms in total. The SMILES string of the molecule is CS(=O)(=O)c1ccccc1C[n+]1ccncc1. The summed E-state index contributed by atoms with van der Waals surface area (Å²) in [6.07, 6.45) is 8.17. The smallest absolute Gasteiger partial charge is 0.187 e. The lowest BCUT2D eigenvalue weighted by atomic mass is 10.2. The minimum atomic E-state index is -3.18. The third kappa shape index (κ3) is 2.88. The predicted octanol–water partition coefficient (Wildman–Crippen LogP) is 0.821. The molecule has 0 fully saturated rings. The lowest BCUT2D eigenvalue weighted by Gasteiger charge is -2.04. The molecule has 0 aliphatic rings. The van der Waals surface area contributed by atoms with Gasteiger partial charge in [-0.3, -0.25) is 4.98 Å². The number of hydrogen-bond donors (Lipinski definition) is 0. The van der Waals surface area contributed by atoms with Crippen LogP contribution in [0.25, 0.3) is 0 Å². The van der Waals surface area contributed by atoms with Crippen molar-refractivity contribution < 1.29 is 13.0 Å². The second-order valence-electron chi connectivity index (χ2n) is 3.80. The summed E-state index contributed by atoms with van der Waals surface area (Å²) < 4.78 is 25.1. The van der Waals surface area contributed by atoms with E-state index in [0.29, 0.717) is 11.4 Å². The second-order valence-corrected chi connectivity index (χ2v) is 5.78. The van der Waals surface area contributed by atoms with Gasteiger partial charge in [-0.05, 0) is 6.07 Å². The number of benzene rings is 1. The zero-order valence-electron chi connectivity index (χ0n) is 9.45. The zero-order valence-corrected chi connectivity index (χ0v) is 10.3. The van der Waals surface area contributed by atoms with Crippen molar-refractivity contribution in [2.75, 3.05) is 6.26 Å². The number of nitrogens with zero attached hydrogens (tertiary/aromatic N) is 2. The van der Waals surface area contributed by atoms with Crippen molar-refractivity contribution >= 4 is 9.84 Å². The van der Waals surface area contributed by atoms with Gasteiger partial charge < -0.3 is 0 Å². The molecule has 0 radical (unpaired) electrons. The first-order valence-electron chi connectivity index (χ1n) is 5.14. The first kappa shape index (κ1) is 11.7. The molecule has 0 amide bonds. The van der Waals surface area contributed by atoms with E-state index in [4.69, 9.17) is 0 Å². The van der Waals surface area contributed by atoms with Crippen molar-refractivity contribution in [3.05, 3.63) is 54.6 Å². The Labute approximate surface area is 100 Å². The molecule has 0 atom stereocenters. The van der Waals surface area contributed by atoms with E-state index in [1.807, 2.05) is 16.7 Å². The van der Waals surface area contributed by atoms with Gasteiger partial charge in [0, 0.05) is 11.8 Å². The fourth-order valence-electron chi connectivity index (χ4n) is 1.65. The Hall–Kier alpha value is -1.75. The quantitative estimate of drug-likeness (QED) is 0.757. The van der Waals surface area contributed by atoms with Crippen LogP contribution in [0.4, 0.5) is 0 Å². The number of hydrogen-bond acceptors (Lipinski definition) is 3. The van der Waals surface area contributed by atoms with E-state index in [1.54, 1.807) is 36.9 Å². The van der Waals surface area contributed by atoms with E-state index in [0.717, 1.165) is 5.56 Å². The lowest BCUT2D eigenvalue weighted by molar-refractivity contribution is -0.689. The van der Waals surface area contributed by atoms with Crippen LogP contribution in [0.1, 0.15) is 5.56 Å². The predicted molar refractivity (Wildman–Crippen MR) is 63.1 cm³/mol. The highest BCUT2D eigenvalue weighted by Crippen LogP contribution is 2.14. The third-order valence-corrected chi connectivity index (χ3v) is 3.61. The van der Waals surface area contributed by atoms with Crippen molar-refractivity contribution in [2.24, 2.45) is 0 Å². The van der Waals surface area contributed by atoms with Crippen molar-refractivity contribution in [3.8, 4) is 0 Å². The fourth-order valence-corrected chi connectivity index (χ4v) is 2.58. The van der Waals surface area contributed by atoms with Crippen LogP contribution >= 0.6 is 0 Å². The fraction of sp³-hybridized carbons (Fsp3) is 0.167. The number of sulfone groups is 1. The maximum atomic E-state index is 11.6. The van der Waals surface area contributed by atoms with Crippen LogP contribution in [0.5, 0.6) is 0 Å². The van der Waals surface area contributed by atoms with Crippen LogP contribution < -0.4 is 4.57 Å². The Morgan fingerprint density at radius 2 is 1.82 bits per heavy atom. The Morgan fingerprint density at radius 1 is 1.18 bits per heavy atom. The second kappa shape index (κ2) is 4.63. The van der Waals surface area contributed by atoms with Gasteiger partial charge in [0.1, 0.15) is 0 Å². The first-order chi connectivity index (χ1) is 8.07. The van der Waals surface area contributed by atoms with Crippen LogP contribution in [0, 0.1) is 0 Å². The molecule has 5 heteroatoms. The molecule has 0 aliphatic heterocycles. The summed E-state index contributed by atoms with van der Waals surface area (Å²) >= 11 is 0. The summed E-state index contributed by atoms with van der Waals surface area (Å²) in [7, 11) is -3.18. The van der Waals surface area contributed by atoms with Gasteiger partial charge in [0.25, 0.3) is 0 Å². The molecule has 0 unspecified atom stereocenters.